The number of hydrogen-bond donors (Lipinski definition) is 1. The lowest BCUT2D eigenvalue weighted by molar-refractivity contribution is 0.355. The van der Waals surface area contributed by atoms with Gasteiger partial charge in [0.25, 0.3) is 0 Å². The van der Waals surface area contributed by atoms with Crippen LogP contribution in [0.5, 0.6) is 11.5 Å². The van der Waals surface area contributed by atoms with E-state index in [4.69, 9.17) is 13.9 Å². The standard InChI is InChI=1S/C20H23N3O5S/c1-12(2)23-29(24,25)18-11-15(7-6-13(18)3)20-22-21-19(28-20)14-8-9-16(26-4)17(10-14)27-5/h6-12,23H,1-5H3. The first-order chi connectivity index (χ1) is 13.7. The van der Waals surface area contributed by atoms with Crippen LogP contribution in [-0.2, 0) is 10.0 Å². The van der Waals surface area contributed by atoms with Gasteiger partial charge in [-0.05, 0) is 56.7 Å². The minimum atomic E-state index is -3.65. The molecule has 0 aliphatic rings. The van der Waals surface area contributed by atoms with Gasteiger partial charge in [0, 0.05) is 17.2 Å². The quantitative estimate of drug-likeness (QED) is 0.628. The number of hydrogen-bond acceptors (Lipinski definition) is 7. The number of nitrogens with zero attached hydrogens (tertiary/aromatic N) is 2. The first-order valence-corrected chi connectivity index (χ1v) is 10.4. The van der Waals surface area contributed by atoms with Crippen molar-refractivity contribution in [2.24, 2.45) is 0 Å². The van der Waals surface area contributed by atoms with E-state index < -0.39 is 10.0 Å². The maximum Gasteiger partial charge on any atom is 0.248 e. The van der Waals surface area contributed by atoms with Gasteiger partial charge in [-0.1, -0.05) is 6.07 Å². The second-order valence-electron chi connectivity index (χ2n) is 6.74. The van der Waals surface area contributed by atoms with Crippen molar-refractivity contribution in [3.63, 3.8) is 0 Å². The fraction of sp³-hybridized carbons (Fsp3) is 0.300. The Morgan fingerprint density at radius 3 is 2.10 bits per heavy atom. The molecule has 0 fully saturated rings. The molecule has 3 rings (SSSR count). The fourth-order valence-corrected chi connectivity index (χ4v) is 4.34. The molecule has 0 aliphatic heterocycles. The Balaban J connectivity index is 1.98. The van der Waals surface area contributed by atoms with Crippen molar-refractivity contribution < 1.29 is 22.3 Å². The van der Waals surface area contributed by atoms with Gasteiger partial charge in [0.15, 0.2) is 11.5 Å². The molecule has 0 bridgehead atoms. The van der Waals surface area contributed by atoms with Gasteiger partial charge in [0.05, 0.1) is 19.1 Å². The van der Waals surface area contributed by atoms with Crippen LogP contribution in [0.15, 0.2) is 45.7 Å². The highest BCUT2D eigenvalue weighted by Gasteiger charge is 2.20. The Morgan fingerprint density at radius 1 is 0.931 bits per heavy atom. The van der Waals surface area contributed by atoms with E-state index in [0.717, 1.165) is 0 Å². The van der Waals surface area contributed by atoms with Gasteiger partial charge in [-0.3, -0.25) is 0 Å². The van der Waals surface area contributed by atoms with Gasteiger partial charge < -0.3 is 13.9 Å². The van der Waals surface area contributed by atoms with Crippen LogP contribution in [0.25, 0.3) is 22.9 Å². The van der Waals surface area contributed by atoms with E-state index in [0.29, 0.717) is 28.2 Å². The van der Waals surface area contributed by atoms with E-state index in [2.05, 4.69) is 14.9 Å². The largest absolute Gasteiger partial charge is 0.493 e. The number of nitrogens with one attached hydrogen (secondary N) is 1. The van der Waals surface area contributed by atoms with E-state index in [-0.39, 0.29) is 22.7 Å². The van der Waals surface area contributed by atoms with Crippen molar-refractivity contribution in [3.8, 4) is 34.4 Å². The third-order valence-electron chi connectivity index (χ3n) is 4.17. The van der Waals surface area contributed by atoms with Crippen LogP contribution >= 0.6 is 0 Å². The Morgan fingerprint density at radius 2 is 1.52 bits per heavy atom. The molecule has 1 N–H and O–H groups in total. The van der Waals surface area contributed by atoms with Crippen molar-refractivity contribution in [1.29, 1.82) is 0 Å². The number of aryl methyl sites for hydroxylation is 1. The van der Waals surface area contributed by atoms with Crippen molar-refractivity contribution in [2.75, 3.05) is 14.2 Å². The number of benzene rings is 2. The number of sulfonamides is 1. The summed E-state index contributed by atoms with van der Waals surface area (Å²) in [4.78, 5) is 0.176. The smallest absolute Gasteiger partial charge is 0.248 e. The molecule has 29 heavy (non-hydrogen) atoms. The topological polar surface area (TPSA) is 104 Å². The molecule has 0 unspecified atom stereocenters. The summed E-state index contributed by atoms with van der Waals surface area (Å²) in [6.07, 6.45) is 0. The zero-order chi connectivity index (χ0) is 21.2. The van der Waals surface area contributed by atoms with Crippen LogP contribution in [-0.4, -0.2) is 38.9 Å². The molecule has 0 amide bonds. The average Bonchev–Trinajstić information content (AvgIpc) is 3.16. The first kappa shape index (κ1) is 20.8. The molecule has 8 nitrogen and oxygen atoms in total. The van der Waals surface area contributed by atoms with Crippen molar-refractivity contribution in [3.05, 3.63) is 42.0 Å². The Bertz CT molecular complexity index is 1120. The van der Waals surface area contributed by atoms with Gasteiger partial charge in [0.1, 0.15) is 0 Å². The van der Waals surface area contributed by atoms with E-state index in [1.807, 2.05) is 0 Å². The van der Waals surface area contributed by atoms with Crippen LogP contribution < -0.4 is 14.2 Å². The Labute approximate surface area is 169 Å². The van der Waals surface area contributed by atoms with E-state index >= 15 is 0 Å². The third-order valence-corrected chi connectivity index (χ3v) is 5.97. The Hall–Kier alpha value is -2.91. The summed E-state index contributed by atoms with van der Waals surface area (Å²) in [7, 11) is -0.556. The zero-order valence-electron chi connectivity index (χ0n) is 16.9. The van der Waals surface area contributed by atoms with Crippen LogP contribution in [0.2, 0.25) is 0 Å². The summed E-state index contributed by atoms with van der Waals surface area (Å²) in [5.41, 5.74) is 1.79. The maximum atomic E-state index is 12.6. The predicted octanol–water partition coefficient (Wildman–Crippen LogP) is 3.42. The highest BCUT2D eigenvalue weighted by atomic mass is 32.2. The molecule has 2 aromatic carbocycles. The van der Waals surface area contributed by atoms with Crippen molar-refractivity contribution in [2.45, 2.75) is 31.7 Å². The third kappa shape index (κ3) is 4.41. The molecule has 1 heterocycles. The molecule has 0 atom stereocenters. The van der Waals surface area contributed by atoms with E-state index in [1.54, 1.807) is 65.3 Å². The number of rotatable bonds is 7. The lowest BCUT2D eigenvalue weighted by Gasteiger charge is -2.12. The second kappa shape index (κ2) is 8.22. The van der Waals surface area contributed by atoms with Crippen LogP contribution in [0.3, 0.4) is 0 Å². The van der Waals surface area contributed by atoms with E-state index in [1.165, 1.54) is 6.07 Å². The molecular weight excluding hydrogens is 394 g/mol. The number of methoxy groups -OCH3 is 2. The molecule has 1 aromatic heterocycles. The summed E-state index contributed by atoms with van der Waals surface area (Å²) in [5.74, 6) is 1.62. The van der Waals surface area contributed by atoms with Gasteiger partial charge in [0.2, 0.25) is 21.8 Å². The normalized spacial score (nSPS) is 11.7. The average molecular weight is 417 g/mol. The SMILES string of the molecule is COc1ccc(-c2nnc(-c3ccc(C)c(S(=O)(=O)NC(C)C)c3)o2)cc1OC. The molecule has 3 aromatic rings. The molecule has 9 heteroatoms. The van der Waals surface area contributed by atoms with E-state index in [9.17, 15) is 8.42 Å². The van der Waals surface area contributed by atoms with Crippen LogP contribution in [0.1, 0.15) is 19.4 Å². The van der Waals surface area contributed by atoms with Gasteiger partial charge >= 0.3 is 0 Å². The fourth-order valence-electron chi connectivity index (χ4n) is 2.82. The summed E-state index contributed by atoms with van der Waals surface area (Å²) >= 11 is 0. The number of aromatic nitrogens is 2. The maximum absolute atomic E-state index is 12.6. The van der Waals surface area contributed by atoms with Crippen molar-refractivity contribution in [1.82, 2.24) is 14.9 Å². The van der Waals surface area contributed by atoms with Gasteiger partial charge in [-0.2, -0.15) is 0 Å². The molecule has 0 aliphatic carbocycles. The molecule has 0 spiro atoms. The highest BCUT2D eigenvalue weighted by Crippen LogP contribution is 2.33. The summed E-state index contributed by atoms with van der Waals surface area (Å²) in [6.45, 7) is 5.27. The van der Waals surface area contributed by atoms with Crippen LogP contribution in [0.4, 0.5) is 0 Å². The Kier molecular flexibility index (Phi) is 5.90. The molecule has 154 valence electrons. The molecular formula is C20H23N3O5S. The van der Waals surface area contributed by atoms with Crippen LogP contribution in [0, 0.1) is 6.92 Å². The predicted molar refractivity (Wildman–Crippen MR) is 108 cm³/mol. The summed E-state index contributed by atoms with van der Waals surface area (Å²) < 4.78 is 44.1. The lowest BCUT2D eigenvalue weighted by atomic mass is 10.1. The minimum absolute atomic E-state index is 0.176. The second-order valence-corrected chi connectivity index (χ2v) is 8.42. The zero-order valence-corrected chi connectivity index (χ0v) is 17.7. The highest BCUT2D eigenvalue weighted by molar-refractivity contribution is 7.89. The van der Waals surface area contributed by atoms with Crippen molar-refractivity contribution >= 4 is 10.0 Å². The first-order valence-electron chi connectivity index (χ1n) is 8.94. The lowest BCUT2D eigenvalue weighted by Crippen LogP contribution is -2.30. The molecule has 0 saturated carbocycles. The monoisotopic (exact) mass is 417 g/mol. The number of ether oxygens (including phenoxy) is 2. The summed E-state index contributed by atoms with van der Waals surface area (Å²) in [5, 5.41) is 8.15. The molecule has 0 saturated heterocycles. The van der Waals surface area contributed by atoms with Gasteiger partial charge in [-0.15, -0.1) is 10.2 Å². The molecule has 0 radical (unpaired) electrons. The van der Waals surface area contributed by atoms with Gasteiger partial charge in [-0.25, -0.2) is 13.1 Å². The minimum Gasteiger partial charge on any atom is -0.493 e. The summed E-state index contributed by atoms with van der Waals surface area (Å²) in [6, 6.07) is 10.0.